The molecule has 1 aliphatic rings. The van der Waals surface area contributed by atoms with E-state index < -0.39 is 0 Å². The summed E-state index contributed by atoms with van der Waals surface area (Å²) in [7, 11) is 2.09. The van der Waals surface area contributed by atoms with Crippen LogP contribution in [0.2, 0.25) is 0 Å². The van der Waals surface area contributed by atoms with E-state index >= 15 is 0 Å². The zero-order valence-electron chi connectivity index (χ0n) is 12.0. The van der Waals surface area contributed by atoms with Crippen LogP contribution < -0.4 is 4.74 Å². The van der Waals surface area contributed by atoms with E-state index in [1.165, 1.54) is 10.9 Å². The molecule has 0 saturated heterocycles. The minimum absolute atomic E-state index is 0.0170. The highest BCUT2D eigenvalue weighted by Gasteiger charge is 2.27. The number of furan rings is 1. The Kier molecular flexibility index (Phi) is 2.93. The Morgan fingerprint density at radius 1 is 1.10 bits per heavy atom. The minimum atomic E-state index is 0.0170. The van der Waals surface area contributed by atoms with Gasteiger partial charge in [-0.25, -0.2) is 0 Å². The number of likely N-dealkylation sites (N-methyl/N-ethyl adjacent to an activating group) is 1. The summed E-state index contributed by atoms with van der Waals surface area (Å²) in [6, 6.07) is 16.5. The van der Waals surface area contributed by atoms with Gasteiger partial charge in [-0.1, -0.05) is 36.4 Å². The van der Waals surface area contributed by atoms with E-state index in [1.54, 1.807) is 6.26 Å². The summed E-state index contributed by atoms with van der Waals surface area (Å²) in [5.74, 6) is 1.94. The van der Waals surface area contributed by atoms with Gasteiger partial charge in [0.25, 0.3) is 0 Å². The van der Waals surface area contributed by atoms with E-state index in [9.17, 15) is 0 Å². The van der Waals surface area contributed by atoms with Gasteiger partial charge in [0.05, 0.1) is 12.8 Å². The van der Waals surface area contributed by atoms with Crippen molar-refractivity contribution in [2.24, 2.45) is 0 Å². The summed E-state index contributed by atoms with van der Waals surface area (Å²) in [6.07, 6.45) is 1.77. The van der Waals surface area contributed by atoms with E-state index in [0.29, 0.717) is 0 Å². The SMILES string of the molecule is CN1Cc2occc2C(Oc2cccc3ccccc23)C1. The molecule has 1 atom stereocenters. The topological polar surface area (TPSA) is 25.6 Å². The normalized spacial score (nSPS) is 18.6. The Labute approximate surface area is 123 Å². The number of rotatable bonds is 2. The van der Waals surface area contributed by atoms with Gasteiger partial charge in [0, 0.05) is 17.5 Å². The van der Waals surface area contributed by atoms with Crippen LogP contribution in [-0.4, -0.2) is 18.5 Å². The molecule has 1 aliphatic heterocycles. The molecule has 0 spiro atoms. The smallest absolute Gasteiger partial charge is 0.140 e. The Morgan fingerprint density at radius 3 is 2.90 bits per heavy atom. The number of fused-ring (bicyclic) bond motifs is 2. The first-order valence-corrected chi connectivity index (χ1v) is 7.20. The molecule has 2 heterocycles. The van der Waals surface area contributed by atoms with Gasteiger partial charge >= 0.3 is 0 Å². The van der Waals surface area contributed by atoms with Crippen LogP contribution in [-0.2, 0) is 6.54 Å². The first-order valence-electron chi connectivity index (χ1n) is 7.20. The fourth-order valence-electron chi connectivity index (χ4n) is 3.01. The molecule has 0 fully saturated rings. The molecule has 3 nitrogen and oxygen atoms in total. The third-order valence-corrected chi connectivity index (χ3v) is 4.04. The molecule has 0 saturated carbocycles. The number of nitrogens with zero attached hydrogens (tertiary/aromatic N) is 1. The van der Waals surface area contributed by atoms with Crippen molar-refractivity contribution in [1.29, 1.82) is 0 Å². The Bertz CT molecular complexity index is 772. The molecule has 1 unspecified atom stereocenters. The number of benzene rings is 2. The zero-order valence-corrected chi connectivity index (χ0v) is 12.0. The van der Waals surface area contributed by atoms with Crippen LogP contribution in [0.5, 0.6) is 5.75 Å². The molecular formula is C18H17NO2. The number of hydrogen-bond donors (Lipinski definition) is 0. The Balaban J connectivity index is 1.73. The molecule has 0 bridgehead atoms. The standard InChI is InChI=1S/C18H17NO2/c1-19-11-17-15(9-10-20-17)18(12-19)21-16-8-4-6-13-5-2-3-7-14(13)16/h2-10,18H,11-12H2,1H3. The van der Waals surface area contributed by atoms with E-state index in [-0.39, 0.29) is 6.10 Å². The van der Waals surface area contributed by atoms with Crippen LogP contribution >= 0.6 is 0 Å². The maximum absolute atomic E-state index is 6.32. The highest BCUT2D eigenvalue weighted by Crippen LogP contribution is 2.34. The second-order valence-corrected chi connectivity index (χ2v) is 5.58. The summed E-state index contributed by atoms with van der Waals surface area (Å²) in [5, 5.41) is 2.35. The second-order valence-electron chi connectivity index (χ2n) is 5.58. The van der Waals surface area contributed by atoms with Crippen molar-refractivity contribution in [3.63, 3.8) is 0 Å². The molecule has 0 radical (unpaired) electrons. The first-order chi connectivity index (χ1) is 10.3. The average molecular weight is 279 g/mol. The van der Waals surface area contributed by atoms with Crippen molar-refractivity contribution < 1.29 is 9.15 Å². The molecule has 106 valence electrons. The molecule has 21 heavy (non-hydrogen) atoms. The van der Waals surface area contributed by atoms with E-state index in [4.69, 9.17) is 9.15 Å². The fourth-order valence-corrected chi connectivity index (χ4v) is 3.01. The zero-order chi connectivity index (χ0) is 14.2. The average Bonchev–Trinajstić information content (AvgIpc) is 2.96. The van der Waals surface area contributed by atoms with Crippen LogP contribution in [0.4, 0.5) is 0 Å². The van der Waals surface area contributed by atoms with Crippen molar-refractivity contribution in [2.75, 3.05) is 13.6 Å². The van der Waals surface area contributed by atoms with Gasteiger partial charge in [-0.05, 0) is 24.6 Å². The lowest BCUT2D eigenvalue weighted by molar-refractivity contribution is 0.121. The second kappa shape index (κ2) is 4.93. The maximum atomic E-state index is 6.32. The van der Waals surface area contributed by atoms with Crippen LogP contribution in [0.15, 0.2) is 59.2 Å². The van der Waals surface area contributed by atoms with Crippen molar-refractivity contribution in [3.05, 3.63) is 66.1 Å². The predicted molar refractivity (Wildman–Crippen MR) is 82.4 cm³/mol. The van der Waals surface area contributed by atoms with Gasteiger partial charge in [-0.2, -0.15) is 0 Å². The molecule has 2 aromatic carbocycles. The quantitative estimate of drug-likeness (QED) is 0.709. The highest BCUT2D eigenvalue weighted by molar-refractivity contribution is 5.88. The Hall–Kier alpha value is -2.26. The lowest BCUT2D eigenvalue weighted by Gasteiger charge is -2.29. The van der Waals surface area contributed by atoms with Gasteiger partial charge in [0.1, 0.15) is 17.6 Å². The van der Waals surface area contributed by atoms with E-state index in [1.807, 2.05) is 24.3 Å². The van der Waals surface area contributed by atoms with Crippen molar-refractivity contribution in [3.8, 4) is 5.75 Å². The van der Waals surface area contributed by atoms with Gasteiger partial charge in [0.15, 0.2) is 0 Å². The molecule has 1 aromatic heterocycles. The summed E-state index contributed by atoms with van der Waals surface area (Å²) in [5.41, 5.74) is 1.17. The van der Waals surface area contributed by atoms with Crippen LogP contribution in [0.3, 0.4) is 0 Å². The number of ether oxygens (including phenoxy) is 1. The first kappa shape index (κ1) is 12.5. The Morgan fingerprint density at radius 2 is 1.95 bits per heavy atom. The lowest BCUT2D eigenvalue weighted by Crippen LogP contribution is -2.32. The van der Waals surface area contributed by atoms with Gasteiger partial charge < -0.3 is 9.15 Å². The third kappa shape index (κ3) is 2.20. The summed E-state index contributed by atoms with van der Waals surface area (Å²) in [4.78, 5) is 2.22. The van der Waals surface area contributed by atoms with Gasteiger partial charge in [-0.15, -0.1) is 0 Å². The van der Waals surface area contributed by atoms with Crippen LogP contribution in [0.1, 0.15) is 17.4 Å². The lowest BCUT2D eigenvalue weighted by atomic mass is 10.0. The van der Waals surface area contributed by atoms with Crippen LogP contribution in [0, 0.1) is 0 Å². The van der Waals surface area contributed by atoms with Crippen LogP contribution in [0.25, 0.3) is 10.8 Å². The van der Waals surface area contributed by atoms with Crippen molar-refractivity contribution in [2.45, 2.75) is 12.6 Å². The largest absolute Gasteiger partial charge is 0.484 e. The molecule has 0 amide bonds. The molecule has 0 N–H and O–H groups in total. The molecule has 0 aliphatic carbocycles. The van der Waals surface area contributed by atoms with Gasteiger partial charge in [-0.3, -0.25) is 4.90 Å². The molecule has 3 aromatic rings. The van der Waals surface area contributed by atoms with E-state index in [0.717, 1.165) is 30.0 Å². The third-order valence-electron chi connectivity index (χ3n) is 4.04. The molecular weight excluding hydrogens is 262 g/mol. The molecule has 3 heteroatoms. The monoisotopic (exact) mass is 279 g/mol. The predicted octanol–water partition coefficient (Wildman–Crippen LogP) is 4.00. The minimum Gasteiger partial charge on any atom is -0.484 e. The highest BCUT2D eigenvalue weighted by atomic mass is 16.5. The van der Waals surface area contributed by atoms with E-state index in [2.05, 4.69) is 36.2 Å². The van der Waals surface area contributed by atoms with Gasteiger partial charge in [0.2, 0.25) is 0 Å². The summed E-state index contributed by atoms with van der Waals surface area (Å²) >= 11 is 0. The number of hydrogen-bond acceptors (Lipinski definition) is 3. The molecule has 4 rings (SSSR count). The van der Waals surface area contributed by atoms with Crippen molar-refractivity contribution >= 4 is 10.8 Å². The fraction of sp³-hybridized carbons (Fsp3) is 0.222. The van der Waals surface area contributed by atoms with Crippen molar-refractivity contribution in [1.82, 2.24) is 4.90 Å². The maximum Gasteiger partial charge on any atom is 0.140 e. The summed E-state index contributed by atoms with van der Waals surface area (Å²) < 4.78 is 11.9. The summed E-state index contributed by atoms with van der Waals surface area (Å²) in [6.45, 7) is 1.72.